The number of nitrogens with zero attached hydrogens (tertiary/aromatic N) is 6. The normalized spacial score (nSPS) is 10.6. The van der Waals surface area contributed by atoms with Gasteiger partial charge in [0, 0.05) is 48.3 Å². The molecule has 4 aromatic heterocycles. The monoisotopic (exact) mass is 786 g/mol. The van der Waals surface area contributed by atoms with Gasteiger partial charge in [-0.3, -0.25) is 9.97 Å². The van der Waals surface area contributed by atoms with Gasteiger partial charge in [0.25, 0.3) is 0 Å². The second-order valence-electron chi connectivity index (χ2n) is 9.18. The lowest BCUT2D eigenvalue weighted by Crippen LogP contribution is -2.17. The molecule has 8 nitrogen and oxygen atoms in total. The number of pyridine rings is 2. The highest BCUT2D eigenvalue weighted by Crippen LogP contribution is 2.24. The lowest BCUT2D eigenvalue weighted by Gasteiger charge is -2.09. The van der Waals surface area contributed by atoms with Crippen LogP contribution < -0.4 is 9.47 Å². The number of ether oxygens (including phenoxy) is 2. The van der Waals surface area contributed by atoms with E-state index in [1.807, 2.05) is 22.6 Å². The number of alkyl halides is 6. The predicted octanol–water partition coefficient (Wildman–Crippen LogP) is 8.00. The first kappa shape index (κ1) is 36.0. The summed E-state index contributed by atoms with van der Waals surface area (Å²) in [4.78, 5) is 7.70. The smallest absolute Gasteiger partial charge is 0.406 e. The predicted molar refractivity (Wildman–Crippen MR) is 176 cm³/mol. The summed E-state index contributed by atoms with van der Waals surface area (Å²) < 4.78 is 83.7. The minimum atomic E-state index is -4.71. The van der Waals surface area contributed by atoms with Crippen LogP contribution in [0, 0.1) is 27.9 Å². The van der Waals surface area contributed by atoms with Gasteiger partial charge in [0.2, 0.25) is 0 Å². The number of hydrogen-bond acceptors (Lipinski definition) is 6. The molecule has 0 aliphatic heterocycles. The molecule has 0 radical (unpaired) electrons. The first-order valence-corrected chi connectivity index (χ1v) is 14.7. The van der Waals surface area contributed by atoms with Crippen LogP contribution in [0.25, 0.3) is 11.4 Å². The zero-order chi connectivity index (χ0) is 35.3. The SMILES string of the molecule is C#Cc1ccncc1.FC(F)(F)Oc1ccc(-n2ccc(C#Cc3ccncc3)n2)cc1.FC(F)(F)Oc1ccc(-n2ccc(I)n2)cc1. The molecule has 0 amide bonds. The molecule has 0 unspecified atom stereocenters. The molecule has 248 valence electrons. The second kappa shape index (κ2) is 16.8. The van der Waals surface area contributed by atoms with E-state index in [2.05, 4.69) is 47.4 Å². The molecule has 49 heavy (non-hydrogen) atoms. The zero-order valence-electron chi connectivity index (χ0n) is 24.8. The molecular formula is C34H21F6IN6O2. The molecule has 0 saturated carbocycles. The average Bonchev–Trinajstić information content (AvgIpc) is 3.74. The lowest BCUT2D eigenvalue weighted by atomic mass is 10.2. The van der Waals surface area contributed by atoms with E-state index in [0.29, 0.717) is 17.1 Å². The van der Waals surface area contributed by atoms with Crippen molar-refractivity contribution in [3.8, 4) is 47.1 Å². The Hall–Kier alpha value is -5.81. The largest absolute Gasteiger partial charge is 0.573 e. The van der Waals surface area contributed by atoms with Crippen LogP contribution in [0.2, 0.25) is 0 Å². The summed E-state index contributed by atoms with van der Waals surface area (Å²) in [6.45, 7) is 0. The van der Waals surface area contributed by atoms with Gasteiger partial charge < -0.3 is 9.47 Å². The molecule has 0 aliphatic rings. The van der Waals surface area contributed by atoms with Crippen molar-refractivity contribution in [1.82, 2.24) is 29.5 Å². The molecule has 2 aromatic carbocycles. The number of rotatable bonds is 4. The van der Waals surface area contributed by atoms with Gasteiger partial charge in [-0.25, -0.2) is 9.36 Å². The van der Waals surface area contributed by atoms with E-state index in [4.69, 9.17) is 6.42 Å². The Bertz CT molecular complexity index is 2010. The fourth-order valence-electron chi connectivity index (χ4n) is 3.60. The van der Waals surface area contributed by atoms with Crippen LogP contribution in [0.1, 0.15) is 16.8 Å². The van der Waals surface area contributed by atoms with E-state index in [9.17, 15) is 26.3 Å². The summed E-state index contributed by atoms with van der Waals surface area (Å²) in [5.74, 6) is 7.82. The van der Waals surface area contributed by atoms with Gasteiger partial charge in [-0.2, -0.15) is 10.2 Å². The molecule has 0 saturated heterocycles. The number of benzene rings is 2. The maximum Gasteiger partial charge on any atom is 0.573 e. The van der Waals surface area contributed by atoms with Crippen molar-refractivity contribution in [3.05, 3.63) is 143 Å². The van der Waals surface area contributed by atoms with Crippen LogP contribution in [0.3, 0.4) is 0 Å². The van der Waals surface area contributed by atoms with Crippen LogP contribution in [-0.2, 0) is 0 Å². The van der Waals surface area contributed by atoms with Crippen LogP contribution >= 0.6 is 22.6 Å². The van der Waals surface area contributed by atoms with Gasteiger partial charge in [0.05, 0.1) is 11.4 Å². The van der Waals surface area contributed by atoms with Crippen molar-refractivity contribution in [1.29, 1.82) is 0 Å². The Morgan fingerprint density at radius 2 is 1.02 bits per heavy atom. The molecule has 0 N–H and O–H groups in total. The Morgan fingerprint density at radius 1 is 0.571 bits per heavy atom. The highest BCUT2D eigenvalue weighted by atomic mass is 127. The topological polar surface area (TPSA) is 79.9 Å². The van der Waals surface area contributed by atoms with E-state index >= 15 is 0 Å². The Labute approximate surface area is 289 Å². The molecule has 15 heteroatoms. The molecule has 6 aromatic rings. The van der Waals surface area contributed by atoms with Crippen molar-refractivity contribution in [3.63, 3.8) is 0 Å². The minimum Gasteiger partial charge on any atom is -0.406 e. The van der Waals surface area contributed by atoms with Crippen LogP contribution in [0.15, 0.2) is 122 Å². The highest BCUT2D eigenvalue weighted by molar-refractivity contribution is 14.1. The Balaban J connectivity index is 0.000000187. The molecule has 0 fully saturated rings. The summed E-state index contributed by atoms with van der Waals surface area (Å²) >= 11 is 2.05. The molecule has 6 rings (SSSR count). The third kappa shape index (κ3) is 12.7. The van der Waals surface area contributed by atoms with Crippen molar-refractivity contribution in [2.45, 2.75) is 12.7 Å². The number of terminal acetylenes is 1. The first-order chi connectivity index (χ1) is 23.4. The second-order valence-corrected chi connectivity index (χ2v) is 10.3. The summed E-state index contributed by atoms with van der Waals surface area (Å²) in [7, 11) is 0. The van der Waals surface area contributed by atoms with Crippen molar-refractivity contribution >= 4 is 22.6 Å². The highest BCUT2D eigenvalue weighted by Gasteiger charge is 2.31. The van der Waals surface area contributed by atoms with Crippen molar-refractivity contribution in [2.75, 3.05) is 0 Å². The molecule has 0 spiro atoms. The molecule has 0 atom stereocenters. The van der Waals surface area contributed by atoms with Gasteiger partial charge in [0.15, 0.2) is 0 Å². The van der Waals surface area contributed by atoms with E-state index in [0.717, 1.165) is 14.8 Å². The number of hydrogen-bond donors (Lipinski definition) is 0. The Morgan fingerprint density at radius 3 is 1.43 bits per heavy atom. The fraction of sp³-hybridized carbons (Fsp3) is 0.0588. The molecular weight excluding hydrogens is 765 g/mol. The summed E-state index contributed by atoms with van der Waals surface area (Å²) in [6.07, 6.45) is 5.75. The van der Waals surface area contributed by atoms with E-state index in [1.165, 1.54) is 53.2 Å². The van der Waals surface area contributed by atoms with Crippen LogP contribution in [0.5, 0.6) is 11.5 Å². The summed E-state index contributed by atoms with van der Waals surface area (Å²) in [5.41, 5.74) is 3.50. The molecule has 4 heterocycles. The third-order valence-corrected chi connectivity index (χ3v) is 6.25. The van der Waals surface area contributed by atoms with Crippen LogP contribution in [0.4, 0.5) is 26.3 Å². The van der Waals surface area contributed by atoms with Gasteiger partial charge >= 0.3 is 12.7 Å². The summed E-state index contributed by atoms with van der Waals surface area (Å²) in [6, 6.07) is 21.6. The molecule has 0 aliphatic carbocycles. The average molecular weight is 786 g/mol. The third-order valence-electron chi connectivity index (χ3n) is 5.68. The number of halogens is 7. The summed E-state index contributed by atoms with van der Waals surface area (Å²) in [5, 5.41) is 8.39. The van der Waals surface area contributed by atoms with Gasteiger partial charge in [0.1, 0.15) is 20.9 Å². The van der Waals surface area contributed by atoms with Crippen LogP contribution in [-0.4, -0.2) is 42.3 Å². The number of aromatic nitrogens is 6. The Kier molecular flexibility index (Phi) is 12.4. The first-order valence-electron chi connectivity index (χ1n) is 13.6. The van der Waals surface area contributed by atoms with Gasteiger partial charge in [-0.1, -0.05) is 11.8 Å². The van der Waals surface area contributed by atoms with E-state index in [-0.39, 0.29) is 11.5 Å². The fourth-order valence-corrected chi connectivity index (χ4v) is 3.99. The van der Waals surface area contributed by atoms with E-state index in [1.54, 1.807) is 78.3 Å². The molecule has 0 bridgehead atoms. The standard InChI is InChI=1S/C17H10F3N3O.C10H6F3IN2O.C7H5N/c18-17(19,20)24-16-5-3-15(4-6-16)23-12-9-14(22-23)2-1-13-7-10-21-11-8-13;11-10(12,13)17-8-3-1-7(2-4-8)16-6-5-9(14)15-16;1-2-7-3-5-8-6-4-7/h3-12H;1-6H;1,3-6H. The zero-order valence-corrected chi connectivity index (χ0v) is 26.9. The minimum absolute atomic E-state index is 0.247. The maximum atomic E-state index is 12.1. The van der Waals surface area contributed by atoms with Gasteiger partial charge in [-0.05, 0) is 113 Å². The van der Waals surface area contributed by atoms with Gasteiger partial charge in [-0.15, -0.1) is 32.8 Å². The van der Waals surface area contributed by atoms with Crippen molar-refractivity contribution < 1.29 is 35.8 Å². The lowest BCUT2D eigenvalue weighted by molar-refractivity contribution is -0.275. The quantitative estimate of drug-likeness (QED) is 0.102. The van der Waals surface area contributed by atoms with Crippen molar-refractivity contribution in [2.24, 2.45) is 0 Å². The van der Waals surface area contributed by atoms with E-state index < -0.39 is 12.7 Å². The maximum absolute atomic E-state index is 12.1.